The van der Waals surface area contributed by atoms with Crippen LogP contribution in [0.4, 0.5) is 28.9 Å². The highest BCUT2D eigenvalue weighted by Gasteiger charge is 2.30. The summed E-state index contributed by atoms with van der Waals surface area (Å²) < 4.78 is 50.9. The van der Waals surface area contributed by atoms with Crippen molar-refractivity contribution in [1.82, 2.24) is 0 Å². The number of aryl methyl sites for hydroxylation is 1. The number of hydrogen-bond donors (Lipinski definition) is 2. The van der Waals surface area contributed by atoms with Crippen molar-refractivity contribution in [2.45, 2.75) is 26.1 Å². The molecule has 0 fully saturated rings. The number of nitrogens with one attached hydrogen (secondary N) is 2. The average molecular weight is 340 g/mol. The van der Waals surface area contributed by atoms with Crippen LogP contribution < -0.4 is 10.6 Å². The summed E-state index contributed by atoms with van der Waals surface area (Å²) in [5, 5.41) is 5.34. The van der Waals surface area contributed by atoms with Gasteiger partial charge < -0.3 is 10.6 Å². The van der Waals surface area contributed by atoms with Gasteiger partial charge in [0.15, 0.2) is 0 Å². The summed E-state index contributed by atoms with van der Waals surface area (Å²) >= 11 is 0. The molecule has 0 aliphatic carbocycles. The SMILES string of the molecule is Cc1ccc(N[C@@H](C)C(=O)Nc2ccc(C(F)(F)F)cc2)cc1F. The summed E-state index contributed by atoms with van der Waals surface area (Å²) in [6.07, 6.45) is -4.42. The molecular weight excluding hydrogens is 324 g/mol. The molecule has 24 heavy (non-hydrogen) atoms. The topological polar surface area (TPSA) is 41.1 Å². The first-order valence-corrected chi connectivity index (χ1v) is 7.17. The third-order valence-corrected chi connectivity index (χ3v) is 3.43. The molecule has 1 amide bonds. The van der Waals surface area contributed by atoms with E-state index in [0.29, 0.717) is 11.3 Å². The second-order valence-electron chi connectivity index (χ2n) is 5.39. The molecule has 3 nitrogen and oxygen atoms in total. The summed E-state index contributed by atoms with van der Waals surface area (Å²) in [5.41, 5.74) is 0.383. The number of amides is 1. The highest BCUT2D eigenvalue weighted by molar-refractivity contribution is 5.96. The molecule has 0 spiro atoms. The zero-order valence-electron chi connectivity index (χ0n) is 13.0. The van der Waals surface area contributed by atoms with Gasteiger partial charge in [0.05, 0.1) is 5.56 Å². The maximum atomic E-state index is 13.5. The average Bonchev–Trinajstić information content (AvgIpc) is 2.50. The molecule has 2 aromatic carbocycles. The van der Waals surface area contributed by atoms with Crippen LogP contribution in [0.3, 0.4) is 0 Å². The molecule has 0 saturated carbocycles. The number of hydrogen-bond acceptors (Lipinski definition) is 2. The quantitative estimate of drug-likeness (QED) is 0.799. The summed E-state index contributed by atoms with van der Waals surface area (Å²) in [7, 11) is 0. The number of carbonyl (C=O) groups is 1. The highest BCUT2D eigenvalue weighted by Crippen LogP contribution is 2.29. The predicted octanol–water partition coefficient (Wildman–Crippen LogP) is 4.59. The Kier molecular flexibility index (Phi) is 5.11. The van der Waals surface area contributed by atoms with Gasteiger partial charge in [-0.15, -0.1) is 0 Å². The second kappa shape index (κ2) is 6.90. The minimum Gasteiger partial charge on any atom is -0.374 e. The van der Waals surface area contributed by atoms with Crippen molar-refractivity contribution in [3.8, 4) is 0 Å². The Labute approximate surface area is 136 Å². The first kappa shape index (κ1) is 17.8. The maximum absolute atomic E-state index is 13.5. The Morgan fingerprint density at radius 2 is 1.62 bits per heavy atom. The van der Waals surface area contributed by atoms with E-state index >= 15 is 0 Å². The molecule has 0 aliphatic heterocycles. The second-order valence-corrected chi connectivity index (χ2v) is 5.39. The highest BCUT2D eigenvalue weighted by atomic mass is 19.4. The first-order chi connectivity index (χ1) is 11.2. The van der Waals surface area contributed by atoms with Gasteiger partial charge in [0.2, 0.25) is 5.91 Å². The molecule has 0 aliphatic rings. The standard InChI is InChI=1S/C17H16F4N2O/c1-10-3-6-14(9-15(10)18)22-11(2)16(24)23-13-7-4-12(5-8-13)17(19,20)21/h3-9,11,22H,1-2H3,(H,23,24)/t11-/m0/s1. The molecule has 0 aromatic heterocycles. The smallest absolute Gasteiger partial charge is 0.374 e. The van der Waals surface area contributed by atoms with Gasteiger partial charge in [0.1, 0.15) is 11.9 Å². The molecule has 2 aromatic rings. The zero-order chi connectivity index (χ0) is 17.9. The van der Waals surface area contributed by atoms with Crippen molar-refractivity contribution in [2.24, 2.45) is 0 Å². The van der Waals surface area contributed by atoms with E-state index in [1.165, 1.54) is 18.2 Å². The van der Waals surface area contributed by atoms with Gasteiger partial charge in [-0.2, -0.15) is 13.2 Å². The van der Waals surface area contributed by atoms with Gasteiger partial charge in [-0.05, 0) is 55.8 Å². The lowest BCUT2D eigenvalue weighted by atomic mass is 10.2. The van der Waals surface area contributed by atoms with E-state index in [1.54, 1.807) is 26.0 Å². The van der Waals surface area contributed by atoms with Crippen LogP contribution >= 0.6 is 0 Å². The fourth-order valence-corrected chi connectivity index (χ4v) is 1.99. The van der Waals surface area contributed by atoms with Gasteiger partial charge in [0.25, 0.3) is 0 Å². The molecule has 0 heterocycles. The minimum absolute atomic E-state index is 0.247. The van der Waals surface area contributed by atoms with Crippen molar-refractivity contribution in [3.05, 3.63) is 59.4 Å². The molecule has 0 bridgehead atoms. The van der Waals surface area contributed by atoms with E-state index in [4.69, 9.17) is 0 Å². The zero-order valence-corrected chi connectivity index (χ0v) is 13.0. The fraction of sp³-hybridized carbons (Fsp3) is 0.235. The number of rotatable bonds is 4. The molecule has 0 radical (unpaired) electrons. The normalized spacial score (nSPS) is 12.6. The lowest BCUT2D eigenvalue weighted by Gasteiger charge is -2.16. The fourth-order valence-electron chi connectivity index (χ4n) is 1.99. The maximum Gasteiger partial charge on any atom is 0.416 e. The Hall–Kier alpha value is -2.57. The van der Waals surface area contributed by atoms with Crippen molar-refractivity contribution >= 4 is 17.3 Å². The van der Waals surface area contributed by atoms with Crippen molar-refractivity contribution in [3.63, 3.8) is 0 Å². The van der Waals surface area contributed by atoms with E-state index in [-0.39, 0.29) is 5.69 Å². The van der Waals surface area contributed by atoms with Gasteiger partial charge in [-0.1, -0.05) is 6.07 Å². The summed E-state index contributed by atoms with van der Waals surface area (Å²) in [6, 6.07) is 7.94. The Balaban J connectivity index is 1.99. The molecule has 1 atom stereocenters. The Morgan fingerprint density at radius 1 is 1.04 bits per heavy atom. The predicted molar refractivity (Wildman–Crippen MR) is 84.3 cm³/mol. The van der Waals surface area contributed by atoms with Crippen LogP contribution in [0, 0.1) is 12.7 Å². The summed E-state index contributed by atoms with van der Waals surface area (Å²) in [6.45, 7) is 3.19. The Bertz CT molecular complexity index is 726. The lowest BCUT2D eigenvalue weighted by molar-refractivity contribution is -0.137. The molecule has 0 unspecified atom stereocenters. The summed E-state index contributed by atoms with van der Waals surface area (Å²) in [4.78, 5) is 12.1. The third-order valence-electron chi connectivity index (χ3n) is 3.43. The minimum atomic E-state index is -4.42. The molecule has 128 valence electrons. The van der Waals surface area contributed by atoms with Crippen LogP contribution in [0.2, 0.25) is 0 Å². The Morgan fingerprint density at radius 3 is 2.17 bits per heavy atom. The summed E-state index contributed by atoms with van der Waals surface area (Å²) in [5.74, 6) is -0.842. The lowest BCUT2D eigenvalue weighted by Crippen LogP contribution is -2.31. The van der Waals surface area contributed by atoms with E-state index in [9.17, 15) is 22.4 Å². The van der Waals surface area contributed by atoms with Crippen molar-refractivity contribution < 1.29 is 22.4 Å². The number of carbonyl (C=O) groups excluding carboxylic acids is 1. The largest absolute Gasteiger partial charge is 0.416 e. The molecule has 2 rings (SSSR count). The molecule has 7 heteroatoms. The van der Waals surface area contributed by atoms with Gasteiger partial charge in [-0.3, -0.25) is 4.79 Å². The molecule has 2 N–H and O–H groups in total. The first-order valence-electron chi connectivity index (χ1n) is 7.17. The number of alkyl halides is 3. The van der Waals surface area contributed by atoms with Crippen LogP contribution in [-0.4, -0.2) is 11.9 Å². The van der Waals surface area contributed by atoms with E-state index in [0.717, 1.165) is 12.1 Å². The van der Waals surface area contributed by atoms with Gasteiger partial charge >= 0.3 is 6.18 Å². The van der Waals surface area contributed by atoms with Gasteiger partial charge in [0, 0.05) is 11.4 Å². The van der Waals surface area contributed by atoms with E-state index in [2.05, 4.69) is 10.6 Å². The van der Waals surface area contributed by atoms with Crippen molar-refractivity contribution in [1.29, 1.82) is 0 Å². The monoisotopic (exact) mass is 340 g/mol. The van der Waals surface area contributed by atoms with E-state index in [1.807, 2.05) is 0 Å². The van der Waals surface area contributed by atoms with E-state index < -0.39 is 29.5 Å². The van der Waals surface area contributed by atoms with Crippen LogP contribution in [-0.2, 0) is 11.0 Å². The molecule has 0 saturated heterocycles. The van der Waals surface area contributed by atoms with Crippen LogP contribution in [0.1, 0.15) is 18.1 Å². The number of halogens is 4. The van der Waals surface area contributed by atoms with Gasteiger partial charge in [-0.25, -0.2) is 4.39 Å². The van der Waals surface area contributed by atoms with Crippen LogP contribution in [0.5, 0.6) is 0 Å². The third kappa shape index (κ3) is 4.47. The van der Waals surface area contributed by atoms with Crippen molar-refractivity contribution in [2.75, 3.05) is 10.6 Å². The van der Waals surface area contributed by atoms with Crippen LogP contribution in [0.25, 0.3) is 0 Å². The molecular formula is C17H16F4N2O. The number of benzene rings is 2. The number of anilines is 2. The van der Waals surface area contributed by atoms with Crippen LogP contribution in [0.15, 0.2) is 42.5 Å².